The number of oxime groups is 1. The van der Waals surface area contributed by atoms with Gasteiger partial charge in [-0.1, -0.05) is 52.8 Å². The quantitative estimate of drug-likeness (QED) is 0.585. The van der Waals surface area contributed by atoms with E-state index >= 15 is 0 Å². The van der Waals surface area contributed by atoms with Crippen LogP contribution in [-0.2, 0) is 4.84 Å². The Hall–Kier alpha value is -3.56. The second-order valence-corrected chi connectivity index (χ2v) is 7.22. The zero-order valence-corrected chi connectivity index (χ0v) is 17.0. The number of amides is 1. The molecule has 4 rings (SSSR count). The van der Waals surface area contributed by atoms with Crippen LogP contribution in [0.2, 0.25) is 0 Å². The molecule has 3 aromatic rings. The number of nitrogens with two attached hydrogens (primary N) is 1. The second-order valence-electron chi connectivity index (χ2n) is 7.22. The zero-order chi connectivity index (χ0) is 21.8. The number of likely N-dealkylation sites (tertiary alicyclic amines) is 1. The van der Waals surface area contributed by atoms with Crippen LogP contribution in [0.25, 0.3) is 11.1 Å². The molecule has 1 saturated heterocycles. The van der Waals surface area contributed by atoms with Crippen LogP contribution in [0.5, 0.6) is 0 Å². The van der Waals surface area contributed by atoms with Crippen molar-refractivity contribution in [2.45, 2.75) is 18.5 Å². The number of nitrogens with zero attached hydrogens (tertiary/aromatic N) is 4. The number of benzene rings is 2. The minimum Gasteiger partial charge on any atom is -0.399 e. The van der Waals surface area contributed by atoms with Crippen molar-refractivity contribution in [1.82, 2.24) is 15.0 Å². The molecule has 1 aromatic heterocycles. The summed E-state index contributed by atoms with van der Waals surface area (Å²) < 4.78 is 5.17. The molecule has 0 aliphatic carbocycles. The van der Waals surface area contributed by atoms with E-state index < -0.39 is 12.1 Å². The molecule has 1 aliphatic rings. The number of hydrogen-bond donors (Lipinski definition) is 2. The molecule has 0 spiro atoms. The summed E-state index contributed by atoms with van der Waals surface area (Å²) >= 11 is 0. The number of carbonyl (C=O) groups is 1. The van der Waals surface area contributed by atoms with Crippen molar-refractivity contribution in [1.29, 1.82) is 0 Å². The molecule has 1 amide bonds. The molecule has 31 heavy (non-hydrogen) atoms. The van der Waals surface area contributed by atoms with Crippen LogP contribution in [0.1, 0.15) is 40.6 Å². The van der Waals surface area contributed by atoms with Gasteiger partial charge in [0.1, 0.15) is 19.2 Å². The van der Waals surface area contributed by atoms with Gasteiger partial charge in [0.2, 0.25) is 5.89 Å². The van der Waals surface area contributed by atoms with Crippen LogP contribution in [-0.4, -0.2) is 52.0 Å². The first kappa shape index (κ1) is 20.7. The van der Waals surface area contributed by atoms with Crippen molar-refractivity contribution in [3.8, 4) is 11.1 Å². The van der Waals surface area contributed by atoms with Crippen LogP contribution >= 0.6 is 0 Å². The Balaban J connectivity index is 1.60. The van der Waals surface area contributed by atoms with E-state index in [0.717, 1.165) is 11.1 Å². The molecule has 160 valence electrons. The van der Waals surface area contributed by atoms with Crippen molar-refractivity contribution in [3.63, 3.8) is 0 Å². The van der Waals surface area contributed by atoms with E-state index in [0.29, 0.717) is 23.5 Å². The van der Waals surface area contributed by atoms with E-state index in [-0.39, 0.29) is 24.9 Å². The minimum absolute atomic E-state index is 0.120. The molecule has 0 radical (unpaired) electrons. The summed E-state index contributed by atoms with van der Waals surface area (Å²) in [5.74, 6) is 0.257. The third-order valence-corrected chi connectivity index (χ3v) is 5.15. The summed E-state index contributed by atoms with van der Waals surface area (Å²) in [5.41, 5.74) is 9.10. The Labute approximate surface area is 179 Å². The SMILES string of the molecule is CO/N=C1\CC(c2noc(C(N)CO)n2)N(C(=O)c2ccc(-c3ccccc3)cc2)C1. The lowest BCUT2D eigenvalue weighted by atomic mass is 10.0. The summed E-state index contributed by atoms with van der Waals surface area (Å²) in [6.07, 6.45) is 0.412. The molecule has 0 saturated carbocycles. The van der Waals surface area contributed by atoms with Gasteiger partial charge in [-0.2, -0.15) is 4.98 Å². The molecule has 2 heterocycles. The lowest BCUT2D eigenvalue weighted by molar-refractivity contribution is 0.0732. The maximum absolute atomic E-state index is 13.3. The number of aliphatic hydroxyl groups is 1. The molecule has 9 nitrogen and oxygen atoms in total. The normalized spacial score (nSPS) is 18.4. The van der Waals surface area contributed by atoms with Gasteiger partial charge in [0.15, 0.2) is 5.82 Å². The van der Waals surface area contributed by atoms with Crippen molar-refractivity contribution in [3.05, 3.63) is 71.9 Å². The molecule has 9 heteroatoms. The highest BCUT2D eigenvalue weighted by atomic mass is 16.6. The van der Waals surface area contributed by atoms with Crippen molar-refractivity contribution in [2.75, 3.05) is 20.3 Å². The largest absolute Gasteiger partial charge is 0.399 e. The molecular weight excluding hydrogens is 398 g/mol. The highest BCUT2D eigenvalue weighted by molar-refractivity contribution is 6.00. The fraction of sp³-hybridized carbons (Fsp3) is 0.273. The lowest BCUT2D eigenvalue weighted by Crippen LogP contribution is -2.31. The molecule has 1 fully saturated rings. The smallest absolute Gasteiger partial charge is 0.254 e. The molecule has 2 unspecified atom stereocenters. The number of hydrogen-bond acceptors (Lipinski definition) is 8. The van der Waals surface area contributed by atoms with Crippen molar-refractivity contribution in [2.24, 2.45) is 10.9 Å². The van der Waals surface area contributed by atoms with Gasteiger partial charge in [-0.25, -0.2) is 0 Å². The van der Waals surface area contributed by atoms with E-state index in [1.54, 1.807) is 17.0 Å². The Bertz CT molecular complexity index is 1070. The van der Waals surface area contributed by atoms with E-state index in [1.165, 1.54) is 7.11 Å². The first-order valence-electron chi connectivity index (χ1n) is 9.86. The van der Waals surface area contributed by atoms with Crippen molar-refractivity contribution >= 4 is 11.6 Å². The average molecular weight is 421 g/mol. The highest BCUT2D eigenvalue weighted by Crippen LogP contribution is 2.31. The Kier molecular flexibility index (Phi) is 6.06. The van der Waals surface area contributed by atoms with E-state index in [1.807, 2.05) is 42.5 Å². The van der Waals surface area contributed by atoms with Crippen LogP contribution < -0.4 is 5.73 Å². The monoisotopic (exact) mass is 421 g/mol. The maximum Gasteiger partial charge on any atom is 0.254 e. The Morgan fingerprint density at radius 3 is 2.65 bits per heavy atom. The van der Waals surface area contributed by atoms with Gasteiger partial charge >= 0.3 is 0 Å². The summed E-state index contributed by atoms with van der Waals surface area (Å²) in [6, 6.07) is 16.1. The third-order valence-electron chi connectivity index (χ3n) is 5.15. The summed E-state index contributed by atoms with van der Waals surface area (Å²) in [6.45, 7) is -0.0349. The minimum atomic E-state index is -0.774. The van der Waals surface area contributed by atoms with Gasteiger partial charge in [0.05, 0.1) is 18.9 Å². The van der Waals surface area contributed by atoms with E-state index in [4.69, 9.17) is 15.1 Å². The Morgan fingerprint density at radius 1 is 1.26 bits per heavy atom. The molecule has 0 bridgehead atoms. The van der Waals surface area contributed by atoms with E-state index in [9.17, 15) is 9.90 Å². The number of aliphatic hydroxyl groups excluding tert-OH is 1. The summed E-state index contributed by atoms with van der Waals surface area (Å²) in [5, 5.41) is 17.2. The third kappa shape index (κ3) is 4.32. The molecule has 2 atom stereocenters. The fourth-order valence-corrected chi connectivity index (χ4v) is 3.56. The zero-order valence-electron chi connectivity index (χ0n) is 17.0. The van der Waals surface area contributed by atoms with Gasteiger partial charge in [-0.15, -0.1) is 0 Å². The Morgan fingerprint density at radius 2 is 1.97 bits per heavy atom. The van der Waals surface area contributed by atoms with Gasteiger partial charge in [-0.05, 0) is 23.3 Å². The highest BCUT2D eigenvalue weighted by Gasteiger charge is 2.38. The van der Waals surface area contributed by atoms with Crippen LogP contribution in [0.15, 0.2) is 64.3 Å². The van der Waals surface area contributed by atoms with Gasteiger partial charge in [0.25, 0.3) is 5.91 Å². The fourth-order valence-electron chi connectivity index (χ4n) is 3.56. The molecule has 3 N–H and O–H groups in total. The van der Waals surface area contributed by atoms with Crippen LogP contribution in [0.4, 0.5) is 0 Å². The topological polar surface area (TPSA) is 127 Å². The molecule has 2 aromatic carbocycles. The van der Waals surface area contributed by atoms with Gasteiger partial charge in [-0.3, -0.25) is 4.79 Å². The van der Waals surface area contributed by atoms with Gasteiger partial charge < -0.3 is 25.1 Å². The second kappa shape index (κ2) is 9.07. The molecule has 1 aliphatic heterocycles. The van der Waals surface area contributed by atoms with Gasteiger partial charge in [0, 0.05) is 12.0 Å². The summed E-state index contributed by atoms with van der Waals surface area (Å²) in [7, 11) is 1.46. The van der Waals surface area contributed by atoms with Crippen LogP contribution in [0, 0.1) is 0 Å². The van der Waals surface area contributed by atoms with Crippen molar-refractivity contribution < 1.29 is 19.3 Å². The predicted molar refractivity (Wildman–Crippen MR) is 113 cm³/mol. The number of carbonyl (C=O) groups excluding carboxylic acids is 1. The average Bonchev–Trinajstić information content (AvgIpc) is 3.46. The predicted octanol–water partition coefficient (Wildman–Crippen LogP) is 2.32. The first-order chi connectivity index (χ1) is 15.1. The number of rotatable bonds is 6. The maximum atomic E-state index is 13.3. The standard InChI is InChI=1S/C22H23N5O4/c1-30-25-17-11-19(20-24-21(31-26-20)18(23)13-28)27(12-17)22(29)16-9-7-15(8-10-16)14-5-3-2-4-6-14/h2-10,18-19,28H,11-13,23H2,1H3/b25-17+. The van der Waals surface area contributed by atoms with Crippen LogP contribution in [0.3, 0.4) is 0 Å². The first-order valence-corrected chi connectivity index (χ1v) is 9.86. The van der Waals surface area contributed by atoms with E-state index in [2.05, 4.69) is 15.3 Å². The summed E-state index contributed by atoms with van der Waals surface area (Å²) in [4.78, 5) is 24.1. The molecular formula is C22H23N5O4. The lowest BCUT2D eigenvalue weighted by Gasteiger charge is -2.21. The number of aromatic nitrogens is 2.